The van der Waals surface area contributed by atoms with Crippen molar-refractivity contribution in [3.8, 4) is 17.0 Å². The van der Waals surface area contributed by atoms with Gasteiger partial charge in [0.2, 0.25) is 0 Å². The molecule has 0 radical (unpaired) electrons. The van der Waals surface area contributed by atoms with Gasteiger partial charge in [-0.1, -0.05) is 13.8 Å². The van der Waals surface area contributed by atoms with Gasteiger partial charge in [0.1, 0.15) is 5.75 Å². The highest BCUT2D eigenvalue weighted by atomic mass is 16.5. The molecule has 2 rings (SSSR count). The highest BCUT2D eigenvalue weighted by molar-refractivity contribution is 5.64. The molecule has 0 unspecified atom stereocenters. The molecular weight excluding hydrogens is 226 g/mol. The summed E-state index contributed by atoms with van der Waals surface area (Å²) in [5.41, 5.74) is 9.81. The highest BCUT2D eigenvalue weighted by Crippen LogP contribution is 2.31. The van der Waals surface area contributed by atoms with E-state index >= 15 is 0 Å². The van der Waals surface area contributed by atoms with Crippen LogP contribution in [0, 0.1) is 0 Å². The Morgan fingerprint density at radius 2 is 2.17 bits per heavy atom. The number of ether oxygens (including phenoxy) is 1. The number of benzene rings is 1. The minimum absolute atomic E-state index is 0.403. The minimum atomic E-state index is 0.403. The number of nitrogens with two attached hydrogens (primary N) is 1. The summed E-state index contributed by atoms with van der Waals surface area (Å²) in [6.07, 6.45) is 1.68. The quantitative estimate of drug-likeness (QED) is 0.870. The SMILES string of the molecule is COc1ccc(-c2nc[nH]c2CN)cc1C(C)C. The van der Waals surface area contributed by atoms with Crippen molar-refractivity contribution >= 4 is 0 Å². The molecule has 0 aliphatic carbocycles. The second-order valence-electron chi connectivity index (χ2n) is 4.55. The van der Waals surface area contributed by atoms with Crippen molar-refractivity contribution in [1.82, 2.24) is 9.97 Å². The van der Waals surface area contributed by atoms with Crippen LogP contribution in [-0.2, 0) is 6.54 Å². The summed E-state index contributed by atoms with van der Waals surface area (Å²) in [4.78, 5) is 7.40. The fourth-order valence-corrected chi connectivity index (χ4v) is 2.06. The highest BCUT2D eigenvalue weighted by Gasteiger charge is 2.12. The summed E-state index contributed by atoms with van der Waals surface area (Å²) in [7, 11) is 1.70. The van der Waals surface area contributed by atoms with Crippen LogP contribution in [0.15, 0.2) is 24.5 Å². The van der Waals surface area contributed by atoms with E-state index in [4.69, 9.17) is 10.5 Å². The number of hydrogen-bond donors (Lipinski definition) is 2. The Labute approximate surface area is 107 Å². The summed E-state index contributed by atoms with van der Waals surface area (Å²) >= 11 is 0. The predicted octanol–water partition coefficient (Wildman–Crippen LogP) is 2.67. The summed E-state index contributed by atoms with van der Waals surface area (Å²) in [5.74, 6) is 1.32. The van der Waals surface area contributed by atoms with Gasteiger partial charge in [0.25, 0.3) is 0 Å². The molecule has 0 aliphatic rings. The molecule has 0 amide bonds. The van der Waals surface area contributed by atoms with E-state index in [0.717, 1.165) is 22.7 Å². The first-order valence-corrected chi connectivity index (χ1v) is 6.08. The first kappa shape index (κ1) is 12.6. The van der Waals surface area contributed by atoms with Gasteiger partial charge in [0.05, 0.1) is 24.8 Å². The topological polar surface area (TPSA) is 63.9 Å². The lowest BCUT2D eigenvalue weighted by Gasteiger charge is -2.13. The molecule has 0 bridgehead atoms. The zero-order chi connectivity index (χ0) is 13.1. The fraction of sp³-hybridized carbons (Fsp3) is 0.357. The second-order valence-corrected chi connectivity index (χ2v) is 4.55. The zero-order valence-electron chi connectivity index (χ0n) is 11.0. The molecule has 18 heavy (non-hydrogen) atoms. The smallest absolute Gasteiger partial charge is 0.122 e. The normalized spacial score (nSPS) is 10.9. The number of imidazole rings is 1. The van der Waals surface area contributed by atoms with E-state index in [1.165, 1.54) is 5.56 Å². The Morgan fingerprint density at radius 1 is 1.39 bits per heavy atom. The van der Waals surface area contributed by atoms with Gasteiger partial charge in [-0.25, -0.2) is 4.98 Å². The van der Waals surface area contributed by atoms with E-state index in [2.05, 4.69) is 29.9 Å². The molecule has 0 atom stereocenters. The summed E-state index contributed by atoms with van der Waals surface area (Å²) < 4.78 is 5.38. The molecule has 96 valence electrons. The Balaban J connectivity index is 2.50. The van der Waals surface area contributed by atoms with Gasteiger partial charge in [-0.2, -0.15) is 0 Å². The summed E-state index contributed by atoms with van der Waals surface area (Å²) in [6.45, 7) is 4.75. The third-order valence-corrected chi connectivity index (χ3v) is 3.05. The number of H-pyrrole nitrogens is 1. The van der Waals surface area contributed by atoms with Crippen LogP contribution in [0.3, 0.4) is 0 Å². The standard InChI is InChI=1S/C14H19N3O/c1-9(2)11-6-10(4-5-13(11)18-3)14-12(7-15)16-8-17-14/h4-6,8-9H,7,15H2,1-3H3,(H,16,17). The van der Waals surface area contributed by atoms with Crippen molar-refractivity contribution in [2.45, 2.75) is 26.3 Å². The van der Waals surface area contributed by atoms with Crippen molar-refractivity contribution in [2.75, 3.05) is 7.11 Å². The Morgan fingerprint density at radius 3 is 2.78 bits per heavy atom. The summed E-state index contributed by atoms with van der Waals surface area (Å²) in [5, 5.41) is 0. The molecule has 4 heteroatoms. The van der Waals surface area contributed by atoms with Gasteiger partial charge >= 0.3 is 0 Å². The molecule has 4 nitrogen and oxygen atoms in total. The van der Waals surface area contributed by atoms with E-state index in [0.29, 0.717) is 12.5 Å². The second kappa shape index (κ2) is 5.23. The largest absolute Gasteiger partial charge is 0.496 e. The van der Waals surface area contributed by atoms with Gasteiger partial charge in [0.15, 0.2) is 0 Å². The lowest BCUT2D eigenvalue weighted by molar-refractivity contribution is 0.407. The molecule has 0 fully saturated rings. The van der Waals surface area contributed by atoms with Crippen molar-refractivity contribution in [3.05, 3.63) is 35.8 Å². The molecule has 3 N–H and O–H groups in total. The first-order chi connectivity index (χ1) is 8.67. The maximum absolute atomic E-state index is 5.69. The third kappa shape index (κ3) is 2.24. The first-order valence-electron chi connectivity index (χ1n) is 6.08. The van der Waals surface area contributed by atoms with Crippen LogP contribution >= 0.6 is 0 Å². The van der Waals surface area contributed by atoms with Crippen LogP contribution in [0.25, 0.3) is 11.3 Å². The molecule has 1 heterocycles. The van der Waals surface area contributed by atoms with Gasteiger partial charge < -0.3 is 15.5 Å². The van der Waals surface area contributed by atoms with Crippen molar-refractivity contribution in [1.29, 1.82) is 0 Å². The van der Waals surface area contributed by atoms with Crippen LogP contribution in [0.2, 0.25) is 0 Å². The fourth-order valence-electron chi connectivity index (χ4n) is 2.06. The molecule has 1 aromatic carbocycles. The van der Waals surface area contributed by atoms with Gasteiger partial charge in [-0.15, -0.1) is 0 Å². The monoisotopic (exact) mass is 245 g/mol. The maximum Gasteiger partial charge on any atom is 0.122 e. The van der Waals surface area contributed by atoms with Crippen LogP contribution in [-0.4, -0.2) is 17.1 Å². The Hall–Kier alpha value is -1.81. The number of aromatic amines is 1. The summed E-state index contributed by atoms with van der Waals surface area (Å²) in [6, 6.07) is 6.12. The molecule has 0 saturated heterocycles. The molecule has 2 aromatic rings. The maximum atomic E-state index is 5.69. The Bertz CT molecular complexity index is 532. The van der Waals surface area contributed by atoms with Crippen LogP contribution in [0.4, 0.5) is 0 Å². The molecule has 0 spiro atoms. The molecular formula is C14H19N3O. The lowest BCUT2D eigenvalue weighted by atomic mass is 9.98. The molecule has 0 aliphatic heterocycles. The molecule has 0 saturated carbocycles. The van der Waals surface area contributed by atoms with Gasteiger partial charge in [-0.3, -0.25) is 0 Å². The van der Waals surface area contributed by atoms with Gasteiger partial charge in [0, 0.05) is 12.1 Å². The zero-order valence-corrected chi connectivity index (χ0v) is 11.0. The van der Waals surface area contributed by atoms with Crippen LogP contribution in [0.5, 0.6) is 5.75 Å². The average Bonchev–Trinajstić information content (AvgIpc) is 2.86. The van der Waals surface area contributed by atoms with Crippen molar-refractivity contribution in [2.24, 2.45) is 5.73 Å². The Kier molecular flexibility index (Phi) is 3.67. The predicted molar refractivity (Wildman–Crippen MR) is 72.6 cm³/mol. The van der Waals surface area contributed by atoms with E-state index in [1.54, 1.807) is 13.4 Å². The number of aromatic nitrogens is 2. The van der Waals surface area contributed by atoms with Crippen LogP contribution < -0.4 is 10.5 Å². The number of nitrogens with one attached hydrogen (secondary N) is 1. The van der Waals surface area contributed by atoms with Crippen molar-refractivity contribution in [3.63, 3.8) is 0 Å². The minimum Gasteiger partial charge on any atom is -0.496 e. The number of methoxy groups -OCH3 is 1. The number of hydrogen-bond acceptors (Lipinski definition) is 3. The molecule has 1 aromatic heterocycles. The van der Waals surface area contributed by atoms with Gasteiger partial charge in [-0.05, 0) is 29.7 Å². The third-order valence-electron chi connectivity index (χ3n) is 3.05. The van der Waals surface area contributed by atoms with E-state index in [9.17, 15) is 0 Å². The average molecular weight is 245 g/mol. The van der Waals surface area contributed by atoms with E-state index < -0.39 is 0 Å². The number of rotatable bonds is 4. The van der Waals surface area contributed by atoms with Crippen molar-refractivity contribution < 1.29 is 4.74 Å². The number of nitrogens with zero attached hydrogens (tertiary/aromatic N) is 1. The van der Waals surface area contributed by atoms with E-state index in [1.807, 2.05) is 12.1 Å². The van der Waals surface area contributed by atoms with E-state index in [-0.39, 0.29) is 0 Å². The van der Waals surface area contributed by atoms with Crippen LogP contribution in [0.1, 0.15) is 31.0 Å². The lowest BCUT2D eigenvalue weighted by Crippen LogP contribution is -2.00.